The number of aryl methyl sites for hydroxylation is 1. The Balaban J connectivity index is 1.28. The van der Waals surface area contributed by atoms with E-state index in [1.165, 1.54) is 12.1 Å². The Morgan fingerprint density at radius 2 is 1.97 bits per heavy atom. The number of carbonyl (C=O) groups is 2. The summed E-state index contributed by atoms with van der Waals surface area (Å²) >= 11 is 0.974. The van der Waals surface area contributed by atoms with E-state index in [1.54, 1.807) is 18.3 Å². The molecule has 5 nitrogen and oxygen atoms in total. The van der Waals surface area contributed by atoms with Crippen LogP contribution in [0.15, 0.2) is 35.4 Å². The maximum absolute atomic E-state index is 13.8. The smallest absolute Gasteiger partial charge is 0.225 e. The first kappa shape index (κ1) is 21.6. The molecule has 3 heterocycles. The highest BCUT2D eigenvalue weighted by Gasteiger charge is 2.26. The minimum atomic E-state index is -0.543. The zero-order valence-corrected chi connectivity index (χ0v) is 17.8. The topological polar surface area (TPSA) is 63.2 Å². The van der Waals surface area contributed by atoms with E-state index in [4.69, 9.17) is 0 Å². The number of piperidine rings is 1. The van der Waals surface area contributed by atoms with Crippen LogP contribution < -0.4 is 4.90 Å². The molecule has 4 rings (SSSR count). The number of aromatic nitrogens is 2. The lowest BCUT2D eigenvalue weighted by Crippen LogP contribution is -2.35. The summed E-state index contributed by atoms with van der Waals surface area (Å²) in [6.45, 7) is 1.67. The van der Waals surface area contributed by atoms with Crippen LogP contribution >= 0.6 is 11.8 Å². The van der Waals surface area contributed by atoms with Gasteiger partial charge in [0.1, 0.15) is 11.6 Å². The van der Waals surface area contributed by atoms with E-state index in [9.17, 15) is 18.4 Å². The maximum atomic E-state index is 13.8. The lowest BCUT2D eigenvalue weighted by molar-refractivity contribution is -0.119. The van der Waals surface area contributed by atoms with Crippen LogP contribution in [0.5, 0.6) is 0 Å². The number of halogens is 2. The maximum Gasteiger partial charge on any atom is 0.225 e. The average molecular weight is 444 g/mol. The van der Waals surface area contributed by atoms with Crippen LogP contribution in [0.1, 0.15) is 43.4 Å². The molecule has 0 saturated carbocycles. The normalized spacial score (nSPS) is 18.9. The monoisotopic (exact) mass is 443 g/mol. The second-order valence-electron chi connectivity index (χ2n) is 7.92. The van der Waals surface area contributed by atoms with Crippen molar-refractivity contribution in [2.24, 2.45) is 5.92 Å². The zero-order chi connectivity index (χ0) is 21.8. The first-order chi connectivity index (χ1) is 15.0. The van der Waals surface area contributed by atoms with Gasteiger partial charge in [0.25, 0.3) is 0 Å². The van der Waals surface area contributed by atoms with Gasteiger partial charge in [-0.15, -0.1) is 0 Å². The van der Waals surface area contributed by atoms with Gasteiger partial charge in [-0.05, 0) is 73.6 Å². The van der Waals surface area contributed by atoms with E-state index in [0.29, 0.717) is 34.4 Å². The Morgan fingerprint density at radius 1 is 1.16 bits per heavy atom. The Labute approximate surface area is 184 Å². The van der Waals surface area contributed by atoms with E-state index in [2.05, 4.69) is 14.9 Å². The van der Waals surface area contributed by atoms with Gasteiger partial charge in [0.15, 0.2) is 5.78 Å². The Bertz CT molecular complexity index is 1020. The quantitative estimate of drug-likeness (QED) is 0.482. The number of Topliss-reactive ketones (excluding diaryl/α,β-unsaturated/α-hetero) is 1. The number of hydrogen-bond acceptors (Lipinski definition) is 6. The molecule has 2 fully saturated rings. The van der Waals surface area contributed by atoms with Crippen LogP contribution in [0.4, 0.5) is 14.7 Å². The van der Waals surface area contributed by atoms with Crippen molar-refractivity contribution in [2.75, 3.05) is 18.0 Å². The van der Waals surface area contributed by atoms with Crippen LogP contribution in [0, 0.1) is 17.6 Å². The highest BCUT2D eigenvalue weighted by molar-refractivity contribution is 8.18. The highest BCUT2D eigenvalue weighted by Crippen LogP contribution is 2.31. The zero-order valence-electron chi connectivity index (χ0n) is 17.0. The third-order valence-electron chi connectivity index (χ3n) is 5.72. The van der Waals surface area contributed by atoms with Crippen LogP contribution in [0.3, 0.4) is 0 Å². The molecule has 0 atom stereocenters. The number of carbonyl (C=O) groups excluding carboxylic acids is 2. The first-order valence-corrected chi connectivity index (χ1v) is 11.3. The number of thioether (sulfide) groups is 1. The summed E-state index contributed by atoms with van der Waals surface area (Å²) in [6.07, 6.45) is 7.78. The predicted octanol–water partition coefficient (Wildman–Crippen LogP) is 4.57. The molecule has 0 amide bonds. The van der Waals surface area contributed by atoms with Gasteiger partial charge in [-0.3, -0.25) is 9.59 Å². The largest absolute Gasteiger partial charge is 0.341 e. The molecule has 0 aliphatic carbocycles. The highest BCUT2D eigenvalue weighted by atomic mass is 32.2. The summed E-state index contributed by atoms with van der Waals surface area (Å²) in [5.41, 5.74) is 1.19. The summed E-state index contributed by atoms with van der Waals surface area (Å²) in [7, 11) is 0. The van der Waals surface area contributed by atoms with Gasteiger partial charge in [0, 0.05) is 25.4 Å². The molecule has 1 aromatic carbocycles. The van der Waals surface area contributed by atoms with Crippen molar-refractivity contribution in [3.63, 3.8) is 0 Å². The van der Waals surface area contributed by atoms with Crippen LogP contribution in [0.25, 0.3) is 6.08 Å². The second kappa shape index (κ2) is 9.68. The number of ketones is 1. The molecular formula is C23H23F2N3O2S. The van der Waals surface area contributed by atoms with E-state index in [0.717, 1.165) is 56.6 Å². The van der Waals surface area contributed by atoms with Crippen molar-refractivity contribution >= 4 is 34.7 Å². The Hall–Kier alpha value is -2.61. The van der Waals surface area contributed by atoms with Crippen LogP contribution in [-0.2, 0) is 16.0 Å². The van der Waals surface area contributed by atoms with Crippen molar-refractivity contribution in [3.05, 3.63) is 58.3 Å². The molecule has 0 unspecified atom stereocenters. The number of rotatable bonds is 6. The fraction of sp³-hybridized carbons (Fsp3) is 0.391. The fourth-order valence-corrected chi connectivity index (χ4v) is 4.81. The fourth-order valence-electron chi connectivity index (χ4n) is 4.00. The van der Waals surface area contributed by atoms with Crippen LogP contribution in [-0.4, -0.2) is 34.0 Å². The Morgan fingerprint density at radius 3 is 2.68 bits per heavy atom. The molecule has 2 aliphatic heterocycles. The number of hydrogen-bond donors (Lipinski definition) is 0. The molecule has 162 valence electrons. The molecular weight excluding hydrogens is 420 g/mol. The molecule has 8 heteroatoms. The van der Waals surface area contributed by atoms with Crippen molar-refractivity contribution in [1.29, 1.82) is 0 Å². The van der Waals surface area contributed by atoms with Crippen molar-refractivity contribution in [1.82, 2.24) is 9.97 Å². The molecule has 2 aromatic rings. The van der Waals surface area contributed by atoms with Gasteiger partial charge >= 0.3 is 0 Å². The first-order valence-electron chi connectivity index (χ1n) is 10.5. The molecule has 0 spiro atoms. The summed E-state index contributed by atoms with van der Waals surface area (Å²) in [5, 5.41) is -0.130. The van der Waals surface area contributed by atoms with Gasteiger partial charge in [0.2, 0.25) is 11.1 Å². The minimum absolute atomic E-state index is 0.0459. The van der Waals surface area contributed by atoms with Gasteiger partial charge in [0.05, 0.1) is 17.0 Å². The number of anilines is 1. The Kier molecular flexibility index (Phi) is 6.75. The van der Waals surface area contributed by atoms with Gasteiger partial charge in [-0.2, -0.15) is 0 Å². The molecule has 0 N–H and O–H groups in total. The lowest BCUT2D eigenvalue weighted by Gasteiger charge is -2.32. The van der Waals surface area contributed by atoms with Gasteiger partial charge in [-0.25, -0.2) is 18.7 Å². The second-order valence-corrected chi connectivity index (χ2v) is 9.02. The number of benzene rings is 1. The van der Waals surface area contributed by atoms with E-state index in [1.807, 2.05) is 0 Å². The standard InChI is InChI=1S/C23H23F2N3O2S/c24-17-5-4-16(19(25)12-17)3-1-2-15-7-10-28(11-8-15)23-26-9-6-18(27-23)13-21-20(29)14-22(30)31-21/h4-6,9,12-13,15H,1-3,7-8,10-11,14H2/b21-13-. The third-order valence-corrected chi connectivity index (χ3v) is 6.66. The predicted molar refractivity (Wildman–Crippen MR) is 116 cm³/mol. The summed E-state index contributed by atoms with van der Waals surface area (Å²) in [5.74, 6) is 0.0186. The van der Waals surface area contributed by atoms with Crippen molar-refractivity contribution in [2.45, 2.75) is 38.5 Å². The lowest BCUT2D eigenvalue weighted by atomic mass is 9.91. The van der Waals surface area contributed by atoms with Crippen molar-refractivity contribution in [3.8, 4) is 0 Å². The summed E-state index contributed by atoms with van der Waals surface area (Å²) < 4.78 is 26.8. The average Bonchev–Trinajstić information content (AvgIpc) is 3.07. The van der Waals surface area contributed by atoms with E-state index < -0.39 is 11.6 Å². The molecule has 0 bridgehead atoms. The molecule has 1 aromatic heterocycles. The third kappa shape index (κ3) is 5.55. The van der Waals surface area contributed by atoms with Crippen molar-refractivity contribution < 1.29 is 18.4 Å². The SMILES string of the molecule is O=C1CC(=O)/C(=C/c2ccnc(N3CCC(CCCc4ccc(F)cc4F)CC3)n2)S1. The van der Waals surface area contributed by atoms with Gasteiger partial charge in [-0.1, -0.05) is 6.07 Å². The summed E-state index contributed by atoms with van der Waals surface area (Å²) in [4.78, 5) is 34.7. The van der Waals surface area contributed by atoms with E-state index in [-0.39, 0.29) is 17.3 Å². The molecule has 2 aliphatic rings. The molecule has 2 saturated heterocycles. The molecule has 31 heavy (non-hydrogen) atoms. The minimum Gasteiger partial charge on any atom is -0.341 e. The molecule has 0 radical (unpaired) electrons. The van der Waals surface area contributed by atoms with E-state index >= 15 is 0 Å². The number of nitrogens with zero attached hydrogens (tertiary/aromatic N) is 3. The number of allylic oxidation sites excluding steroid dienone is 1. The summed E-state index contributed by atoms with van der Waals surface area (Å²) in [6, 6.07) is 5.51. The van der Waals surface area contributed by atoms with Crippen LogP contribution in [0.2, 0.25) is 0 Å². The van der Waals surface area contributed by atoms with Gasteiger partial charge < -0.3 is 4.90 Å².